The van der Waals surface area contributed by atoms with Crippen molar-refractivity contribution in [2.24, 2.45) is 0 Å². The average molecular weight is 226 g/mol. The molecule has 0 unspecified atom stereocenters. The third-order valence-electron chi connectivity index (χ3n) is 1.65. The van der Waals surface area contributed by atoms with Crippen molar-refractivity contribution in [1.29, 1.82) is 0 Å². The number of carbonyl (C=O) groups excluding carboxylic acids is 1. The lowest BCUT2D eigenvalue weighted by Crippen LogP contribution is -2.04. The number of aromatic nitrogens is 1. The number of anilines is 1. The lowest BCUT2D eigenvalue weighted by Gasteiger charge is -2.04. The molecule has 0 amide bonds. The van der Waals surface area contributed by atoms with E-state index in [1.807, 2.05) is 25.1 Å². The molecule has 0 bridgehead atoms. The van der Waals surface area contributed by atoms with Crippen molar-refractivity contribution in [3.63, 3.8) is 0 Å². The Kier molecular flexibility index (Phi) is 4.97. The molecule has 82 valence electrons. The lowest BCUT2D eigenvalue weighted by atomic mass is 10.4. The van der Waals surface area contributed by atoms with Crippen molar-refractivity contribution in [1.82, 2.24) is 4.98 Å². The third kappa shape index (κ3) is 4.20. The molecule has 0 aliphatic rings. The number of methoxy groups -OCH3 is 1. The summed E-state index contributed by atoms with van der Waals surface area (Å²) in [5.74, 6) is 0.877. The van der Waals surface area contributed by atoms with Gasteiger partial charge in [0.25, 0.3) is 0 Å². The van der Waals surface area contributed by atoms with Gasteiger partial charge in [0.2, 0.25) is 0 Å². The van der Waals surface area contributed by atoms with Crippen LogP contribution in [0.1, 0.15) is 6.92 Å². The van der Waals surface area contributed by atoms with Gasteiger partial charge < -0.3 is 10.1 Å². The topological polar surface area (TPSA) is 51.2 Å². The zero-order valence-corrected chi connectivity index (χ0v) is 9.63. The van der Waals surface area contributed by atoms with Crippen LogP contribution in [0.5, 0.6) is 0 Å². The van der Waals surface area contributed by atoms with Gasteiger partial charge in [0.15, 0.2) is 0 Å². The van der Waals surface area contributed by atoms with Crippen LogP contribution in [0.15, 0.2) is 23.2 Å². The van der Waals surface area contributed by atoms with E-state index in [0.717, 1.165) is 17.4 Å². The minimum absolute atomic E-state index is 0.240. The minimum atomic E-state index is -0.240. The van der Waals surface area contributed by atoms with Gasteiger partial charge in [0, 0.05) is 6.54 Å². The number of ether oxygens (including phenoxy) is 1. The van der Waals surface area contributed by atoms with E-state index in [4.69, 9.17) is 0 Å². The fourth-order valence-corrected chi connectivity index (χ4v) is 1.69. The molecular weight excluding hydrogens is 212 g/mol. The van der Waals surface area contributed by atoms with E-state index in [9.17, 15) is 4.79 Å². The van der Waals surface area contributed by atoms with Gasteiger partial charge in [-0.1, -0.05) is 17.8 Å². The van der Waals surface area contributed by atoms with E-state index < -0.39 is 0 Å². The predicted molar refractivity (Wildman–Crippen MR) is 61.1 cm³/mol. The Labute approximate surface area is 93.4 Å². The van der Waals surface area contributed by atoms with Gasteiger partial charge >= 0.3 is 5.97 Å². The highest BCUT2D eigenvalue weighted by atomic mass is 32.2. The van der Waals surface area contributed by atoms with Gasteiger partial charge in [-0.25, -0.2) is 4.98 Å². The van der Waals surface area contributed by atoms with E-state index in [0.29, 0.717) is 5.75 Å². The van der Waals surface area contributed by atoms with E-state index in [2.05, 4.69) is 15.0 Å². The summed E-state index contributed by atoms with van der Waals surface area (Å²) in [5, 5.41) is 3.93. The normalized spacial score (nSPS) is 9.73. The number of esters is 1. The standard InChI is InChI=1S/C10H14N2O2S/c1-3-11-8-5-4-6-9(12-8)15-7-10(13)14-2/h4-6H,3,7H2,1-2H3,(H,11,12). The van der Waals surface area contributed by atoms with Crippen molar-refractivity contribution in [3.05, 3.63) is 18.2 Å². The van der Waals surface area contributed by atoms with Crippen LogP contribution in [0, 0.1) is 0 Å². The Morgan fingerprint density at radius 2 is 2.40 bits per heavy atom. The van der Waals surface area contributed by atoms with Crippen LogP contribution in [0.25, 0.3) is 0 Å². The zero-order chi connectivity index (χ0) is 11.1. The second kappa shape index (κ2) is 6.29. The summed E-state index contributed by atoms with van der Waals surface area (Å²) >= 11 is 1.37. The molecule has 0 aromatic carbocycles. The molecule has 1 heterocycles. The van der Waals surface area contributed by atoms with Crippen LogP contribution >= 0.6 is 11.8 Å². The highest BCUT2D eigenvalue weighted by molar-refractivity contribution is 7.99. The molecule has 1 aromatic rings. The molecule has 0 aliphatic heterocycles. The summed E-state index contributed by atoms with van der Waals surface area (Å²) in [6.45, 7) is 2.84. The number of nitrogens with zero attached hydrogens (tertiary/aromatic N) is 1. The van der Waals surface area contributed by atoms with Gasteiger partial charge in [-0.2, -0.15) is 0 Å². The number of pyridine rings is 1. The second-order valence-electron chi connectivity index (χ2n) is 2.76. The molecule has 0 spiro atoms. The Hall–Kier alpha value is -1.23. The second-order valence-corrected chi connectivity index (χ2v) is 3.75. The smallest absolute Gasteiger partial charge is 0.316 e. The van der Waals surface area contributed by atoms with Crippen molar-refractivity contribution in [2.75, 3.05) is 24.7 Å². The zero-order valence-electron chi connectivity index (χ0n) is 8.82. The van der Waals surface area contributed by atoms with E-state index >= 15 is 0 Å². The van der Waals surface area contributed by atoms with E-state index in [1.54, 1.807) is 0 Å². The van der Waals surface area contributed by atoms with E-state index in [1.165, 1.54) is 18.9 Å². The lowest BCUT2D eigenvalue weighted by molar-refractivity contribution is -0.137. The van der Waals surface area contributed by atoms with Gasteiger partial charge in [-0.05, 0) is 19.1 Å². The third-order valence-corrected chi connectivity index (χ3v) is 2.55. The van der Waals surface area contributed by atoms with Crippen LogP contribution in [0.2, 0.25) is 0 Å². The molecular formula is C10H14N2O2S. The largest absolute Gasteiger partial charge is 0.468 e. The van der Waals surface area contributed by atoms with Crippen molar-refractivity contribution in [3.8, 4) is 0 Å². The summed E-state index contributed by atoms with van der Waals surface area (Å²) in [5.41, 5.74) is 0. The average Bonchev–Trinajstić information content (AvgIpc) is 2.27. The van der Waals surface area contributed by atoms with Gasteiger partial charge in [-0.15, -0.1) is 0 Å². The maximum Gasteiger partial charge on any atom is 0.316 e. The molecule has 1 N–H and O–H groups in total. The minimum Gasteiger partial charge on any atom is -0.468 e. The molecule has 15 heavy (non-hydrogen) atoms. The van der Waals surface area contributed by atoms with Crippen molar-refractivity contribution >= 4 is 23.5 Å². The fourth-order valence-electron chi connectivity index (χ4n) is 0.967. The Bertz CT molecular complexity index is 331. The molecule has 5 heteroatoms. The summed E-state index contributed by atoms with van der Waals surface area (Å²) in [7, 11) is 1.38. The first-order valence-corrected chi connectivity index (χ1v) is 5.65. The predicted octanol–water partition coefficient (Wildman–Crippen LogP) is 1.78. The molecule has 0 saturated carbocycles. The fraction of sp³-hybridized carbons (Fsp3) is 0.400. The first-order valence-electron chi connectivity index (χ1n) is 4.66. The molecule has 1 aromatic heterocycles. The molecule has 4 nitrogen and oxygen atoms in total. The van der Waals surface area contributed by atoms with Crippen molar-refractivity contribution < 1.29 is 9.53 Å². The molecule has 0 fully saturated rings. The molecule has 0 atom stereocenters. The molecule has 1 rings (SSSR count). The first-order chi connectivity index (χ1) is 7.26. The summed E-state index contributed by atoms with van der Waals surface area (Å²) in [4.78, 5) is 15.2. The maximum atomic E-state index is 10.9. The van der Waals surface area contributed by atoms with Gasteiger partial charge in [0.1, 0.15) is 5.82 Å². The van der Waals surface area contributed by atoms with Gasteiger partial charge in [-0.3, -0.25) is 4.79 Å². The summed E-state index contributed by atoms with van der Waals surface area (Å²) < 4.78 is 4.55. The summed E-state index contributed by atoms with van der Waals surface area (Å²) in [6.07, 6.45) is 0. The Balaban J connectivity index is 2.53. The van der Waals surface area contributed by atoms with Crippen LogP contribution < -0.4 is 5.32 Å². The summed E-state index contributed by atoms with van der Waals surface area (Å²) in [6, 6.07) is 5.67. The Morgan fingerprint density at radius 3 is 3.07 bits per heavy atom. The number of carbonyl (C=O) groups is 1. The maximum absolute atomic E-state index is 10.9. The number of thioether (sulfide) groups is 1. The van der Waals surface area contributed by atoms with E-state index in [-0.39, 0.29) is 5.97 Å². The molecule has 0 aliphatic carbocycles. The SMILES string of the molecule is CCNc1cccc(SCC(=O)OC)n1. The Morgan fingerprint density at radius 1 is 1.60 bits per heavy atom. The molecule has 0 radical (unpaired) electrons. The van der Waals surface area contributed by atoms with Gasteiger partial charge in [0.05, 0.1) is 17.9 Å². The highest BCUT2D eigenvalue weighted by Gasteiger charge is 2.03. The van der Waals surface area contributed by atoms with Crippen LogP contribution in [0.3, 0.4) is 0 Å². The monoisotopic (exact) mass is 226 g/mol. The quantitative estimate of drug-likeness (QED) is 0.612. The van der Waals surface area contributed by atoms with Crippen LogP contribution in [-0.4, -0.2) is 30.4 Å². The number of nitrogens with one attached hydrogen (secondary N) is 1. The van der Waals surface area contributed by atoms with Crippen molar-refractivity contribution in [2.45, 2.75) is 11.9 Å². The van der Waals surface area contributed by atoms with Crippen LogP contribution in [0.4, 0.5) is 5.82 Å². The first kappa shape index (κ1) is 11.8. The number of rotatable bonds is 5. The number of hydrogen-bond donors (Lipinski definition) is 1. The molecule has 0 saturated heterocycles. The number of hydrogen-bond acceptors (Lipinski definition) is 5. The van der Waals surface area contributed by atoms with Crippen LogP contribution in [-0.2, 0) is 9.53 Å². The highest BCUT2D eigenvalue weighted by Crippen LogP contribution is 2.17.